The van der Waals surface area contributed by atoms with Crippen LogP contribution >= 0.6 is 24.8 Å². The summed E-state index contributed by atoms with van der Waals surface area (Å²) in [5.74, 6) is 0.102. The summed E-state index contributed by atoms with van der Waals surface area (Å²) >= 11 is 0. The molecule has 0 bridgehead atoms. The number of morpholine rings is 1. The van der Waals surface area contributed by atoms with Gasteiger partial charge < -0.3 is 20.3 Å². The van der Waals surface area contributed by atoms with Crippen molar-refractivity contribution in [1.82, 2.24) is 14.7 Å². The topological polar surface area (TPSA) is 79.1 Å². The third kappa shape index (κ3) is 5.89. The summed E-state index contributed by atoms with van der Waals surface area (Å²) in [5, 5.41) is 0. The minimum atomic E-state index is -0.467. The Morgan fingerprint density at radius 3 is 2.00 bits per heavy atom. The molecule has 9 heteroatoms. The molecule has 7 nitrogen and oxygen atoms in total. The van der Waals surface area contributed by atoms with Crippen molar-refractivity contribution in [3.8, 4) is 0 Å². The zero-order chi connectivity index (χ0) is 14.5. The van der Waals surface area contributed by atoms with Crippen LogP contribution in [-0.4, -0.2) is 91.6 Å². The molecular formula is C13H26Cl2N4O3. The molecule has 2 heterocycles. The lowest BCUT2D eigenvalue weighted by atomic mass is 10.2. The van der Waals surface area contributed by atoms with E-state index >= 15 is 0 Å². The van der Waals surface area contributed by atoms with Gasteiger partial charge in [0.25, 0.3) is 0 Å². The van der Waals surface area contributed by atoms with Gasteiger partial charge in [0.1, 0.15) is 0 Å². The van der Waals surface area contributed by atoms with Crippen molar-refractivity contribution in [1.29, 1.82) is 0 Å². The number of amides is 2. The minimum Gasteiger partial charge on any atom is -0.379 e. The number of hydrogen-bond acceptors (Lipinski definition) is 5. The van der Waals surface area contributed by atoms with Gasteiger partial charge in [-0.15, -0.1) is 24.8 Å². The summed E-state index contributed by atoms with van der Waals surface area (Å²) < 4.78 is 5.27. The molecule has 0 radical (unpaired) electrons. The predicted molar refractivity (Wildman–Crippen MR) is 88.6 cm³/mol. The Morgan fingerprint density at radius 2 is 1.50 bits per heavy atom. The van der Waals surface area contributed by atoms with Gasteiger partial charge in [0.15, 0.2) is 0 Å². The maximum absolute atomic E-state index is 12.2. The van der Waals surface area contributed by atoms with Crippen molar-refractivity contribution in [3.05, 3.63) is 0 Å². The van der Waals surface area contributed by atoms with Crippen LogP contribution in [-0.2, 0) is 14.3 Å². The lowest BCUT2D eigenvalue weighted by molar-refractivity contribution is -0.141. The lowest BCUT2D eigenvalue weighted by Crippen LogP contribution is -2.55. The Morgan fingerprint density at radius 1 is 1.00 bits per heavy atom. The molecule has 2 amide bonds. The molecule has 0 spiro atoms. The van der Waals surface area contributed by atoms with E-state index in [1.807, 2.05) is 4.90 Å². The van der Waals surface area contributed by atoms with E-state index < -0.39 is 6.04 Å². The molecule has 0 aromatic carbocycles. The second-order valence-corrected chi connectivity index (χ2v) is 5.38. The third-order valence-electron chi connectivity index (χ3n) is 3.80. The van der Waals surface area contributed by atoms with Crippen molar-refractivity contribution >= 4 is 36.6 Å². The van der Waals surface area contributed by atoms with Crippen LogP contribution in [0.2, 0.25) is 0 Å². The number of nitrogens with zero attached hydrogens (tertiary/aromatic N) is 3. The number of nitrogens with two attached hydrogens (primary N) is 1. The maximum Gasteiger partial charge on any atom is 0.239 e. The molecule has 130 valence electrons. The van der Waals surface area contributed by atoms with Crippen LogP contribution in [0.3, 0.4) is 0 Å². The SMILES string of the molecule is C[C@@H](N)C(=O)N1CCN(C(=O)CN2CCOCC2)CC1.Cl.Cl. The van der Waals surface area contributed by atoms with E-state index in [-0.39, 0.29) is 36.6 Å². The van der Waals surface area contributed by atoms with Gasteiger partial charge in [-0.1, -0.05) is 0 Å². The van der Waals surface area contributed by atoms with E-state index in [0.717, 1.165) is 13.1 Å². The summed E-state index contributed by atoms with van der Waals surface area (Å²) in [4.78, 5) is 29.6. The molecule has 2 N–H and O–H groups in total. The number of ether oxygens (including phenoxy) is 1. The quantitative estimate of drug-likeness (QED) is 0.714. The Labute approximate surface area is 143 Å². The van der Waals surface area contributed by atoms with E-state index in [1.165, 1.54) is 0 Å². The monoisotopic (exact) mass is 356 g/mol. The summed E-state index contributed by atoms with van der Waals surface area (Å²) in [5.41, 5.74) is 5.59. The highest BCUT2D eigenvalue weighted by Gasteiger charge is 2.26. The standard InChI is InChI=1S/C13H24N4O3.2ClH/c1-11(14)13(19)17-4-2-16(3-5-17)12(18)10-15-6-8-20-9-7-15;;/h11H,2-10,14H2,1H3;2*1H/t11-;;/m1../s1. The van der Waals surface area contributed by atoms with Gasteiger partial charge in [0, 0.05) is 39.3 Å². The molecule has 0 aromatic rings. The average molecular weight is 357 g/mol. The van der Waals surface area contributed by atoms with Crippen LogP contribution in [0.1, 0.15) is 6.92 Å². The molecule has 1 atom stereocenters. The zero-order valence-electron chi connectivity index (χ0n) is 12.9. The zero-order valence-corrected chi connectivity index (χ0v) is 14.5. The summed E-state index contributed by atoms with van der Waals surface area (Å²) in [6.45, 7) is 7.52. The van der Waals surface area contributed by atoms with Crippen molar-refractivity contribution < 1.29 is 14.3 Å². The van der Waals surface area contributed by atoms with Crippen LogP contribution in [0.4, 0.5) is 0 Å². The molecule has 22 heavy (non-hydrogen) atoms. The first-order valence-corrected chi connectivity index (χ1v) is 7.20. The van der Waals surface area contributed by atoms with Gasteiger partial charge in [-0.25, -0.2) is 0 Å². The second kappa shape index (κ2) is 10.2. The van der Waals surface area contributed by atoms with Crippen LogP contribution in [0.25, 0.3) is 0 Å². The van der Waals surface area contributed by atoms with E-state index in [9.17, 15) is 9.59 Å². The number of carbonyl (C=O) groups excluding carboxylic acids is 2. The predicted octanol–water partition coefficient (Wildman–Crippen LogP) is -0.820. The largest absolute Gasteiger partial charge is 0.379 e. The second-order valence-electron chi connectivity index (χ2n) is 5.38. The molecule has 2 saturated heterocycles. The van der Waals surface area contributed by atoms with Gasteiger partial charge in [-0.3, -0.25) is 14.5 Å². The Balaban J connectivity index is 0.00000220. The average Bonchev–Trinajstić information content (AvgIpc) is 2.47. The van der Waals surface area contributed by atoms with Gasteiger partial charge in [0.2, 0.25) is 11.8 Å². The molecular weight excluding hydrogens is 331 g/mol. The van der Waals surface area contributed by atoms with Crippen molar-refractivity contribution in [3.63, 3.8) is 0 Å². The number of rotatable bonds is 3. The number of hydrogen-bond donors (Lipinski definition) is 1. The summed E-state index contributed by atoms with van der Waals surface area (Å²) in [6, 6.07) is -0.467. The molecule has 0 aromatic heterocycles. The van der Waals surface area contributed by atoms with Crippen LogP contribution < -0.4 is 5.73 Å². The smallest absolute Gasteiger partial charge is 0.239 e. The van der Waals surface area contributed by atoms with Gasteiger partial charge in [0.05, 0.1) is 25.8 Å². The molecule has 2 fully saturated rings. The first kappa shape index (κ1) is 21.4. The first-order valence-electron chi connectivity index (χ1n) is 7.20. The normalized spacial score (nSPS) is 20.6. The van der Waals surface area contributed by atoms with Gasteiger partial charge in [-0.2, -0.15) is 0 Å². The highest BCUT2D eigenvalue weighted by atomic mass is 35.5. The van der Waals surface area contributed by atoms with Gasteiger partial charge in [-0.05, 0) is 6.92 Å². The maximum atomic E-state index is 12.2. The van der Waals surface area contributed by atoms with E-state index in [0.29, 0.717) is 45.9 Å². The number of halogens is 2. The molecule has 0 saturated carbocycles. The fourth-order valence-electron chi connectivity index (χ4n) is 2.51. The minimum absolute atomic E-state index is 0. The van der Waals surface area contributed by atoms with Crippen LogP contribution in [0, 0.1) is 0 Å². The summed E-state index contributed by atoms with van der Waals surface area (Å²) in [6.07, 6.45) is 0. The Kier molecular flexibility index (Phi) is 9.95. The molecule has 2 aliphatic heterocycles. The Bertz CT molecular complexity index is 357. The van der Waals surface area contributed by atoms with Crippen LogP contribution in [0.5, 0.6) is 0 Å². The number of piperazine rings is 1. The molecule has 0 aliphatic carbocycles. The third-order valence-corrected chi connectivity index (χ3v) is 3.80. The highest BCUT2D eigenvalue weighted by molar-refractivity contribution is 5.85. The first-order chi connectivity index (χ1) is 9.58. The number of carbonyl (C=O) groups is 2. The molecule has 2 rings (SSSR count). The van der Waals surface area contributed by atoms with Gasteiger partial charge >= 0.3 is 0 Å². The van der Waals surface area contributed by atoms with Crippen molar-refractivity contribution in [2.45, 2.75) is 13.0 Å². The molecule has 0 unspecified atom stereocenters. The van der Waals surface area contributed by atoms with Crippen LogP contribution in [0.15, 0.2) is 0 Å². The summed E-state index contributed by atoms with van der Waals surface area (Å²) in [7, 11) is 0. The Hall–Kier alpha value is -0.600. The van der Waals surface area contributed by atoms with Crippen molar-refractivity contribution in [2.24, 2.45) is 5.73 Å². The fourth-order valence-corrected chi connectivity index (χ4v) is 2.51. The van der Waals surface area contributed by atoms with E-state index in [1.54, 1.807) is 11.8 Å². The van der Waals surface area contributed by atoms with Crippen molar-refractivity contribution in [2.75, 3.05) is 59.0 Å². The highest BCUT2D eigenvalue weighted by Crippen LogP contribution is 2.05. The van der Waals surface area contributed by atoms with E-state index in [2.05, 4.69) is 4.90 Å². The van der Waals surface area contributed by atoms with E-state index in [4.69, 9.17) is 10.5 Å². The fraction of sp³-hybridized carbons (Fsp3) is 0.846. The molecule has 2 aliphatic rings. The lowest BCUT2D eigenvalue weighted by Gasteiger charge is -2.36.